The van der Waals surface area contributed by atoms with Crippen LogP contribution in [0.1, 0.15) is 6.92 Å². The van der Waals surface area contributed by atoms with Crippen LogP contribution in [0.25, 0.3) is 0 Å². The largest absolute Gasteiger partial charge is 0.241 e. The predicted octanol–water partition coefficient (Wildman–Crippen LogP) is 1.93. The standard InChI is InChI=1S/C2H3IN4/c1-2(3)4-6-7-5-2/h1H3. The second-order valence-electron chi connectivity index (χ2n) is 1.28. The summed E-state index contributed by atoms with van der Waals surface area (Å²) in [6.45, 7) is 1.83. The average molecular weight is 210 g/mol. The maximum absolute atomic E-state index is 3.65. The van der Waals surface area contributed by atoms with E-state index >= 15 is 0 Å². The molecule has 0 aromatic carbocycles. The Balaban J connectivity index is 2.77. The molecule has 0 amide bonds. The molecule has 0 radical (unpaired) electrons. The Morgan fingerprint density at radius 1 is 1.29 bits per heavy atom. The maximum atomic E-state index is 3.65. The molecule has 4 nitrogen and oxygen atoms in total. The lowest BCUT2D eigenvalue weighted by atomic mass is 10.7. The number of halogens is 1. The van der Waals surface area contributed by atoms with Crippen LogP contribution >= 0.6 is 22.6 Å². The molecule has 0 spiro atoms. The highest BCUT2D eigenvalue weighted by Crippen LogP contribution is 2.25. The summed E-state index contributed by atoms with van der Waals surface area (Å²) in [5, 5.41) is 13.9. The van der Waals surface area contributed by atoms with Gasteiger partial charge in [0.2, 0.25) is 3.67 Å². The van der Waals surface area contributed by atoms with Crippen LogP contribution in [0.2, 0.25) is 0 Å². The Hall–Kier alpha value is -0.0700. The Bertz CT molecular complexity index is 112. The van der Waals surface area contributed by atoms with Gasteiger partial charge in [-0.15, -0.1) is 10.2 Å². The molecule has 0 aliphatic carbocycles. The molecule has 7 heavy (non-hydrogen) atoms. The van der Waals surface area contributed by atoms with Gasteiger partial charge in [0, 0.05) is 0 Å². The SMILES string of the molecule is CC1(I)N=NN=N1. The second kappa shape index (κ2) is 1.46. The van der Waals surface area contributed by atoms with E-state index in [1.807, 2.05) is 29.5 Å². The van der Waals surface area contributed by atoms with Crippen molar-refractivity contribution in [3.63, 3.8) is 0 Å². The zero-order valence-electron chi connectivity index (χ0n) is 3.67. The highest BCUT2D eigenvalue weighted by molar-refractivity contribution is 14.1. The van der Waals surface area contributed by atoms with E-state index in [-0.39, 0.29) is 0 Å². The van der Waals surface area contributed by atoms with Crippen LogP contribution < -0.4 is 0 Å². The molecule has 0 bridgehead atoms. The summed E-state index contributed by atoms with van der Waals surface area (Å²) >= 11 is 2.05. The number of alkyl halides is 1. The normalized spacial score (nSPS) is 23.7. The highest BCUT2D eigenvalue weighted by atomic mass is 127. The average Bonchev–Trinajstić information content (AvgIpc) is 1.84. The molecule has 5 heteroatoms. The Labute approximate surface area is 54.2 Å². The van der Waals surface area contributed by atoms with Crippen molar-refractivity contribution in [1.82, 2.24) is 0 Å². The van der Waals surface area contributed by atoms with Crippen molar-refractivity contribution in [1.29, 1.82) is 0 Å². The molecule has 1 heterocycles. The molecule has 0 aromatic heterocycles. The fraction of sp³-hybridized carbons (Fsp3) is 1.00. The smallest absolute Gasteiger partial charge is 0.124 e. The van der Waals surface area contributed by atoms with Crippen LogP contribution in [-0.2, 0) is 0 Å². The van der Waals surface area contributed by atoms with Gasteiger partial charge in [0.25, 0.3) is 0 Å². The molecule has 0 aromatic rings. The minimum Gasteiger partial charge on any atom is -0.124 e. The number of rotatable bonds is 0. The van der Waals surface area contributed by atoms with Gasteiger partial charge in [-0.2, -0.15) is 0 Å². The summed E-state index contributed by atoms with van der Waals surface area (Å²) in [4.78, 5) is 0. The van der Waals surface area contributed by atoms with E-state index in [9.17, 15) is 0 Å². The molecule has 1 rings (SSSR count). The molecule has 0 N–H and O–H groups in total. The van der Waals surface area contributed by atoms with E-state index in [4.69, 9.17) is 0 Å². The predicted molar refractivity (Wildman–Crippen MR) is 32.1 cm³/mol. The fourth-order valence-electron chi connectivity index (χ4n) is 0.223. The van der Waals surface area contributed by atoms with Crippen molar-refractivity contribution in [2.24, 2.45) is 20.7 Å². The third-order valence-corrected chi connectivity index (χ3v) is 0.926. The minimum absolute atomic E-state index is 0.419. The lowest BCUT2D eigenvalue weighted by Gasteiger charge is -1.97. The van der Waals surface area contributed by atoms with Gasteiger partial charge in [-0.1, -0.05) is 0 Å². The van der Waals surface area contributed by atoms with Gasteiger partial charge < -0.3 is 0 Å². The van der Waals surface area contributed by atoms with Gasteiger partial charge >= 0.3 is 0 Å². The summed E-state index contributed by atoms with van der Waals surface area (Å²) in [5.41, 5.74) is 0. The molecular formula is C2H3IN4. The zero-order chi connectivity index (χ0) is 5.33. The highest BCUT2D eigenvalue weighted by Gasteiger charge is 2.20. The third kappa shape index (κ3) is 1.15. The summed E-state index contributed by atoms with van der Waals surface area (Å²) in [5.74, 6) is 0. The monoisotopic (exact) mass is 210 g/mol. The van der Waals surface area contributed by atoms with Gasteiger partial charge in [0.15, 0.2) is 0 Å². The fourth-order valence-corrected chi connectivity index (χ4v) is 0.416. The van der Waals surface area contributed by atoms with Crippen molar-refractivity contribution >= 4 is 22.6 Å². The molecule has 0 atom stereocenters. The number of hydrogen-bond acceptors (Lipinski definition) is 4. The number of hydrogen-bond donors (Lipinski definition) is 0. The van der Waals surface area contributed by atoms with Crippen LogP contribution in [-0.4, -0.2) is 3.67 Å². The zero-order valence-corrected chi connectivity index (χ0v) is 5.82. The van der Waals surface area contributed by atoms with E-state index in [2.05, 4.69) is 20.7 Å². The molecular weight excluding hydrogens is 207 g/mol. The van der Waals surface area contributed by atoms with Crippen LogP contribution in [0.5, 0.6) is 0 Å². The second-order valence-corrected chi connectivity index (χ2v) is 3.33. The van der Waals surface area contributed by atoms with Gasteiger partial charge in [-0.25, -0.2) is 0 Å². The van der Waals surface area contributed by atoms with Crippen molar-refractivity contribution in [2.75, 3.05) is 0 Å². The molecule has 0 saturated carbocycles. The third-order valence-electron chi connectivity index (χ3n) is 0.494. The topological polar surface area (TPSA) is 49.4 Å². The Kier molecular flexibility index (Phi) is 1.06. The van der Waals surface area contributed by atoms with Crippen LogP contribution in [0.15, 0.2) is 20.7 Å². The summed E-state index contributed by atoms with van der Waals surface area (Å²) in [7, 11) is 0. The molecule has 1 aliphatic rings. The first-order valence-corrected chi connectivity index (χ1v) is 2.81. The first-order valence-electron chi connectivity index (χ1n) is 1.74. The van der Waals surface area contributed by atoms with Gasteiger partial charge in [0.1, 0.15) is 0 Å². The quantitative estimate of drug-likeness (QED) is 0.333. The van der Waals surface area contributed by atoms with Crippen molar-refractivity contribution in [2.45, 2.75) is 10.6 Å². The van der Waals surface area contributed by atoms with E-state index in [0.717, 1.165) is 0 Å². The summed E-state index contributed by atoms with van der Waals surface area (Å²) < 4.78 is -0.419. The first kappa shape index (κ1) is 5.07. The molecule has 38 valence electrons. The lowest BCUT2D eigenvalue weighted by Crippen LogP contribution is -2.00. The van der Waals surface area contributed by atoms with Crippen LogP contribution in [0.4, 0.5) is 0 Å². The van der Waals surface area contributed by atoms with E-state index < -0.39 is 3.67 Å². The molecule has 0 unspecified atom stereocenters. The van der Waals surface area contributed by atoms with Gasteiger partial charge in [0.05, 0.1) is 0 Å². The molecule has 0 saturated heterocycles. The van der Waals surface area contributed by atoms with E-state index in [0.29, 0.717) is 0 Å². The maximum Gasteiger partial charge on any atom is 0.241 e. The van der Waals surface area contributed by atoms with Gasteiger partial charge in [-0.3, -0.25) is 0 Å². The van der Waals surface area contributed by atoms with E-state index in [1.165, 1.54) is 0 Å². The van der Waals surface area contributed by atoms with Crippen molar-refractivity contribution < 1.29 is 0 Å². The summed E-state index contributed by atoms with van der Waals surface area (Å²) in [6.07, 6.45) is 0. The Morgan fingerprint density at radius 3 is 1.86 bits per heavy atom. The minimum atomic E-state index is -0.419. The first-order chi connectivity index (χ1) is 3.21. The number of nitrogens with zero attached hydrogens (tertiary/aromatic N) is 4. The van der Waals surface area contributed by atoms with Crippen molar-refractivity contribution in [3.05, 3.63) is 0 Å². The van der Waals surface area contributed by atoms with Gasteiger partial charge in [-0.05, 0) is 40.0 Å². The van der Waals surface area contributed by atoms with Crippen molar-refractivity contribution in [3.8, 4) is 0 Å². The molecule has 0 fully saturated rings. The lowest BCUT2D eigenvalue weighted by molar-refractivity contribution is 0.748. The van der Waals surface area contributed by atoms with Crippen LogP contribution in [0.3, 0.4) is 0 Å². The Morgan fingerprint density at radius 2 is 1.71 bits per heavy atom. The van der Waals surface area contributed by atoms with E-state index in [1.54, 1.807) is 0 Å². The van der Waals surface area contributed by atoms with Crippen LogP contribution in [0, 0.1) is 0 Å². The summed E-state index contributed by atoms with van der Waals surface area (Å²) in [6, 6.07) is 0. The molecule has 1 aliphatic heterocycles.